The molecule has 0 radical (unpaired) electrons. The summed E-state index contributed by atoms with van der Waals surface area (Å²) in [6.07, 6.45) is 10.2. The van der Waals surface area contributed by atoms with Crippen molar-refractivity contribution in [2.45, 2.75) is 25.4 Å². The van der Waals surface area contributed by atoms with Crippen molar-refractivity contribution in [3.63, 3.8) is 0 Å². The lowest BCUT2D eigenvalue weighted by molar-refractivity contribution is 0.701. The van der Waals surface area contributed by atoms with Gasteiger partial charge in [0, 0.05) is 41.1 Å². The summed E-state index contributed by atoms with van der Waals surface area (Å²) < 4.78 is 2.29. The molecule has 1 aromatic carbocycles. The van der Waals surface area contributed by atoms with Crippen LogP contribution in [0.5, 0.6) is 0 Å². The van der Waals surface area contributed by atoms with Gasteiger partial charge in [-0.2, -0.15) is 0 Å². The van der Waals surface area contributed by atoms with Crippen LogP contribution in [-0.4, -0.2) is 14.5 Å². The van der Waals surface area contributed by atoms with Crippen LogP contribution in [0.3, 0.4) is 0 Å². The lowest BCUT2D eigenvalue weighted by atomic mass is 10.1. The third kappa shape index (κ3) is 2.03. The number of fused-ring (bicyclic) bond motifs is 1. The fourth-order valence-electron chi connectivity index (χ4n) is 2.61. The van der Waals surface area contributed by atoms with E-state index in [0.717, 1.165) is 17.6 Å². The maximum Gasteiger partial charge on any atom is 0.0951 e. The third-order valence-electron chi connectivity index (χ3n) is 3.83. The molecule has 1 N–H and O–H groups in total. The van der Waals surface area contributed by atoms with E-state index in [4.69, 9.17) is 0 Å². The van der Waals surface area contributed by atoms with E-state index in [1.54, 1.807) is 0 Å². The smallest absolute Gasteiger partial charge is 0.0951 e. The molecule has 4 rings (SSSR count). The van der Waals surface area contributed by atoms with Crippen LogP contribution >= 0.6 is 0 Å². The van der Waals surface area contributed by atoms with Crippen molar-refractivity contribution in [1.82, 2.24) is 14.5 Å². The second-order valence-electron chi connectivity index (χ2n) is 5.28. The average molecular weight is 264 g/mol. The van der Waals surface area contributed by atoms with Gasteiger partial charge in [0.1, 0.15) is 0 Å². The Morgan fingerprint density at radius 2 is 2.10 bits per heavy atom. The molecule has 2 aromatic heterocycles. The number of hydrogen-bond donors (Lipinski definition) is 1. The molecule has 0 atom stereocenters. The molecule has 100 valence electrons. The zero-order valence-corrected chi connectivity index (χ0v) is 11.2. The number of aromatic nitrogens is 3. The van der Waals surface area contributed by atoms with Gasteiger partial charge in [0.25, 0.3) is 0 Å². The number of pyridine rings is 1. The Balaban J connectivity index is 1.60. The molecule has 20 heavy (non-hydrogen) atoms. The number of rotatable bonds is 4. The number of imidazole rings is 1. The normalized spacial score (nSPS) is 14.6. The first-order valence-corrected chi connectivity index (χ1v) is 6.99. The fraction of sp³-hybridized carbons (Fsp3) is 0.250. The molecule has 2 heterocycles. The van der Waals surface area contributed by atoms with E-state index in [2.05, 4.69) is 44.1 Å². The van der Waals surface area contributed by atoms with E-state index < -0.39 is 0 Å². The van der Waals surface area contributed by atoms with Crippen LogP contribution in [-0.2, 0) is 6.54 Å². The van der Waals surface area contributed by atoms with E-state index in [-0.39, 0.29) is 0 Å². The summed E-state index contributed by atoms with van der Waals surface area (Å²) in [5.74, 6) is 0. The minimum atomic E-state index is 0.672. The number of hydrogen-bond acceptors (Lipinski definition) is 3. The Bertz CT molecular complexity index is 738. The summed E-state index contributed by atoms with van der Waals surface area (Å²) in [6.45, 7) is 0.804. The van der Waals surface area contributed by atoms with Crippen LogP contribution in [0.4, 0.5) is 5.69 Å². The highest BCUT2D eigenvalue weighted by molar-refractivity contribution is 5.93. The van der Waals surface area contributed by atoms with Crippen molar-refractivity contribution in [2.24, 2.45) is 0 Å². The van der Waals surface area contributed by atoms with Crippen molar-refractivity contribution < 1.29 is 0 Å². The van der Waals surface area contributed by atoms with E-state index >= 15 is 0 Å². The van der Waals surface area contributed by atoms with Gasteiger partial charge in [-0.05, 0) is 25.0 Å². The minimum Gasteiger partial charge on any atom is -0.379 e. The van der Waals surface area contributed by atoms with Crippen molar-refractivity contribution in [3.8, 4) is 0 Å². The number of anilines is 1. The summed E-state index contributed by atoms with van der Waals surface area (Å²) >= 11 is 0. The van der Waals surface area contributed by atoms with Crippen molar-refractivity contribution in [2.75, 3.05) is 5.32 Å². The molecule has 0 amide bonds. The summed E-state index contributed by atoms with van der Waals surface area (Å²) in [7, 11) is 0. The fourth-order valence-corrected chi connectivity index (χ4v) is 2.61. The molecule has 3 aromatic rings. The zero-order chi connectivity index (χ0) is 13.4. The number of benzene rings is 1. The Morgan fingerprint density at radius 3 is 3.00 bits per heavy atom. The highest BCUT2D eigenvalue weighted by atomic mass is 15.1. The molecule has 0 unspecified atom stereocenters. The summed E-state index contributed by atoms with van der Waals surface area (Å²) in [6, 6.07) is 8.98. The maximum absolute atomic E-state index is 4.27. The van der Waals surface area contributed by atoms with Crippen LogP contribution in [0.1, 0.15) is 24.6 Å². The highest BCUT2D eigenvalue weighted by Gasteiger charge is 2.24. The molecule has 1 aliphatic rings. The average Bonchev–Trinajstić information content (AvgIpc) is 3.24. The molecule has 0 bridgehead atoms. The summed E-state index contributed by atoms with van der Waals surface area (Å²) in [4.78, 5) is 8.44. The first kappa shape index (κ1) is 11.5. The molecule has 0 spiro atoms. The number of nitrogens with zero attached hydrogens (tertiary/aromatic N) is 3. The lowest BCUT2D eigenvalue weighted by Crippen LogP contribution is -2.06. The van der Waals surface area contributed by atoms with E-state index in [9.17, 15) is 0 Å². The van der Waals surface area contributed by atoms with Gasteiger partial charge in [-0.15, -0.1) is 0 Å². The first-order valence-electron chi connectivity index (χ1n) is 6.99. The van der Waals surface area contributed by atoms with Crippen LogP contribution in [0.15, 0.2) is 49.2 Å². The highest BCUT2D eigenvalue weighted by Crippen LogP contribution is 2.35. The minimum absolute atomic E-state index is 0.672. The van der Waals surface area contributed by atoms with Gasteiger partial charge in [-0.1, -0.05) is 12.1 Å². The van der Waals surface area contributed by atoms with Gasteiger partial charge in [0.2, 0.25) is 0 Å². The molecule has 0 saturated heterocycles. The molecule has 1 aliphatic carbocycles. The maximum atomic E-state index is 4.27. The quantitative estimate of drug-likeness (QED) is 0.785. The summed E-state index contributed by atoms with van der Waals surface area (Å²) in [5, 5.41) is 5.89. The second-order valence-corrected chi connectivity index (χ2v) is 5.28. The van der Waals surface area contributed by atoms with E-state index in [1.165, 1.54) is 23.9 Å². The topological polar surface area (TPSA) is 42.7 Å². The van der Waals surface area contributed by atoms with Gasteiger partial charge in [-0.25, -0.2) is 4.98 Å². The van der Waals surface area contributed by atoms with Crippen LogP contribution in [0, 0.1) is 0 Å². The van der Waals surface area contributed by atoms with E-state index in [0.29, 0.717) is 6.04 Å². The second kappa shape index (κ2) is 4.63. The molecule has 4 nitrogen and oxygen atoms in total. The zero-order valence-electron chi connectivity index (χ0n) is 11.2. The Kier molecular flexibility index (Phi) is 2.66. The molecule has 0 aliphatic heterocycles. The standard InChI is InChI=1S/C16H16N4/c1-2-12-8-17-7-6-15(12)16(3-1)19-10-14-9-18-11-20(14)13-4-5-13/h1-3,6-9,11,13,19H,4-5,10H2. The van der Waals surface area contributed by atoms with Crippen molar-refractivity contribution >= 4 is 16.5 Å². The van der Waals surface area contributed by atoms with Crippen molar-refractivity contribution in [3.05, 3.63) is 54.9 Å². The Labute approximate surface area is 117 Å². The van der Waals surface area contributed by atoms with Gasteiger partial charge in [-0.3, -0.25) is 4.98 Å². The molecule has 1 saturated carbocycles. The van der Waals surface area contributed by atoms with Crippen molar-refractivity contribution in [1.29, 1.82) is 0 Å². The number of nitrogens with one attached hydrogen (secondary N) is 1. The van der Waals surface area contributed by atoms with Crippen LogP contribution in [0.25, 0.3) is 10.8 Å². The monoisotopic (exact) mass is 264 g/mol. The van der Waals surface area contributed by atoms with E-state index in [1.807, 2.05) is 24.9 Å². The predicted molar refractivity (Wildman–Crippen MR) is 79.6 cm³/mol. The molecular formula is C16H16N4. The van der Waals surface area contributed by atoms with Crippen LogP contribution in [0.2, 0.25) is 0 Å². The molecule has 1 fully saturated rings. The first-order chi connectivity index (χ1) is 9.92. The van der Waals surface area contributed by atoms with Crippen LogP contribution < -0.4 is 5.32 Å². The molecule has 4 heteroatoms. The van der Waals surface area contributed by atoms with Gasteiger partial charge < -0.3 is 9.88 Å². The predicted octanol–water partition coefficient (Wildman–Crippen LogP) is 3.38. The Morgan fingerprint density at radius 1 is 1.15 bits per heavy atom. The Hall–Kier alpha value is -2.36. The summed E-state index contributed by atoms with van der Waals surface area (Å²) in [5.41, 5.74) is 2.40. The lowest BCUT2D eigenvalue weighted by Gasteiger charge is -2.11. The van der Waals surface area contributed by atoms with Gasteiger partial charge in [0.15, 0.2) is 0 Å². The third-order valence-corrected chi connectivity index (χ3v) is 3.83. The van der Waals surface area contributed by atoms with Gasteiger partial charge >= 0.3 is 0 Å². The van der Waals surface area contributed by atoms with Gasteiger partial charge in [0.05, 0.1) is 18.6 Å². The molecular weight excluding hydrogens is 248 g/mol. The largest absolute Gasteiger partial charge is 0.379 e. The SMILES string of the molecule is c1cc(NCc2cncn2C2CC2)c2ccncc2c1.